The number of aromatic nitrogens is 1. The van der Waals surface area contributed by atoms with Crippen molar-refractivity contribution >= 4 is 22.4 Å². The van der Waals surface area contributed by atoms with Crippen LogP contribution in [0.15, 0.2) is 30.3 Å². The summed E-state index contributed by atoms with van der Waals surface area (Å²) in [4.78, 5) is 18.9. The molecule has 1 aromatic heterocycles. The van der Waals surface area contributed by atoms with Crippen LogP contribution in [-0.2, 0) is 24.1 Å². The number of thiazole rings is 1. The third kappa shape index (κ3) is 4.35. The molecule has 2 aromatic rings. The van der Waals surface area contributed by atoms with E-state index in [2.05, 4.69) is 38.2 Å². The van der Waals surface area contributed by atoms with Crippen LogP contribution in [0.3, 0.4) is 0 Å². The average Bonchev–Trinajstić information content (AvgIpc) is 2.95. The molecule has 1 N–H and O–H groups in total. The fourth-order valence-electron chi connectivity index (χ4n) is 3.62. The second-order valence-electron chi connectivity index (χ2n) is 9.20. The molecule has 140 valence electrons. The molecule has 0 bridgehead atoms. The molecule has 1 heterocycles. The van der Waals surface area contributed by atoms with Gasteiger partial charge in [0.05, 0.1) is 5.69 Å². The van der Waals surface area contributed by atoms with Crippen LogP contribution in [0, 0.1) is 16.7 Å². The summed E-state index contributed by atoms with van der Waals surface area (Å²) in [6.45, 7) is 11.0. The zero-order chi connectivity index (χ0) is 18.9. The lowest BCUT2D eigenvalue weighted by molar-refractivity contribution is -0.123. The second-order valence-corrected chi connectivity index (χ2v) is 10.3. The van der Waals surface area contributed by atoms with Gasteiger partial charge in [0.15, 0.2) is 5.13 Å². The Balaban J connectivity index is 1.68. The highest BCUT2D eigenvalue weighted by molar-refractivity contribution is 7.15. The van der Waals surface area contributed by atoms with E-state index >= 15 is 0 Å². The predicted molar refractivity (Wildman–Crippen MR) is 110 cm³/mol. The molecule has 1 unspecified atom stereocenters. The molecule has 0 saturated carbocycles. The second kappa shape index (κ2) is 7.15. The van der Waals surface area contributed by atoms with Crippen molar-refractivity contribution in [3.05, 3.63) is 46.5 Å². The van der Waals surface area contributed by atoms with E-state index in [4.69, 9.17) is 4.98 Å². The van der Waals surface area contributed by atoms with E-state index < -0.39 is 5.41 Å². The first kappa shape index (κ1) is 19.1. The largest absolute Gasteiger partial charge is 0.301 e. The summed E-state index contributed by atoms with van der Waals surface area (Å²) in [5, 5.41) is 3.84. The zero-order valence-corrected chi connectivity index (χ0v) is 17.4. The molecule has 1 atom stereocenters. The van der Waals surface area contributed by atoms with E-state index in [1.807, 2.05) is 32.0 Å². The minimum absolute atomic E-state index is 0.0415. The number of hydrogen-bond acceptors (Lipinski definition) is 3. The van der Waals surface area contributed by atoms with Crippen molar-refractivity contribution in [2.24, 2.45) is 16.7 Å². The van der Waals surface area contributed by atoms with Gasteiger partial charge in [0.1, 0.15) is 0 Å². The third-order valence-electron chi connectivity index (χ3n) is 5.49. The summed E-state index contributed by atoms with van der Waals surface area (Å²) in [5.41, 5.74) is 2.22. The summed E-state index contributed by atoms with van der Waals surface area (Å²) in [6.07, 6.45) is 4.01. The standard InChI is InChI=1S/C22H30N2OS/c1-21(2,3)16-11-12-17-18(13-16)26-20(23-17)24-19(25)22(4,5)14-15-9-7-6-8-10-15/h6-10,16H,11-14H2,1-5H3,(H,23,24,25). The normalized spacial score (nSPS) is 17.7. The smallest absolute Gasteiger partial charge is 0.232 e. The maximum Gasteiger partial charge on any atom is 0.232 e. The minimum Gasteiger partial charge on any atom is -0.301 e. The zero-order valence-electron chi connectivity index (χ0n) is 16.6. The first-order chi connectivity index (χ1) is 12.1. The van der Waals surface area contributed by atoms with Gasteiger partial charge in [-0.2, -0.15) is 0 Å². The Morgan fingerprint density at radius 3 is 2.54 bits per heavy atom. The molecule has 0 saturated heterocycles. The van der Waals surface area contributed by atoms with Crippen LogP contribution < -0.4 is 5.32 Å². The topological polar surface area (TPSA) is 42.0 Å². The van der Waals surface area contributed by atoms with Crippen LogP contribution >= 0.6 is 11.3 Å². The predicted octanol–water partition coefficient (Wildman–Crippen LogP) is 5.50. The Hall–Kier alpha value is -1.68. The molecule has 0 spiro atoms. The molecule has 26 heavy (non-hydrogen) atoms. The summed E-state index contributed by atoms with van der Waals surface area (Å²) in [5.74, 6) is 0.730. The quantitative estimate of drug-likeness (QED) is 0.772. The molecule has 0 aliphatic heterocycles. The van der Waals surface area contributed by atoms with Gasteiger partial charge in [-0.3, -0.25) is 4.79 Å². The highest BCUT2D eigenvalue weighted by Crippen LogP contribution is 2.40. The Morgan fingerprint density at radius 1 is 1.19 bits per heavy atom. The number of amides is 1. The minimum atomic E-state index is -0.471. The molecular weight excluding hydrogens is 340 g/mol. The summed E-state index contributed by atoms with van der Waals surface area (Å²) < 4.78 is 0. The first-order valence-corrected chi connectivity index (χ1v) is 10.3. The van der Waals surface area contributed by atoms with Crippen LogP contribution in [0.25, 0.3) is 0 Å². The van der Waals surface area contributed by atoms with E-state index in [-0.39, 0.29) is 5.91 Å². The average molecular weight is 371 g/mol. The lowest BCUT2D eigenvalue weighted by Gasteiger charge is -2.33. The lowest BCUT2D eigenvalue weighted by Crippen LogP contribution is -2.32. The molecule has 1 aliphatic rings. The Kier molecular flexibility index (Phi) is 5.25. The number of nitrogens with one attached hydrogen (secondary N) is 1. The number of carbonyl (C=O) groups excluding carboxylic acids is 1. The van der Waals surface area contributed by atoms with E-state index in [1.54, 1.807) is 11.3 Å². The van der Waals surface area contributed by atoms with Crippen LogP contribution in [0.2, 0.25) is 0 Å². The molecule has 1 amide bonds. The molecule has 4 heteroatoms. The van der Waals surface area contributed by atoms with Crippen molar-refractivity contribution in [1.82, 2.24) is 4.98 Å². The van der Waals surface area contributed by atoms with E-state index in [0.717, 1.165) is 24.4 Å². The number of fused-ring (bicyclic) bond motifs is 1. The Bertz CT molecular complexity index is 771. The molecule has 0 radical (unpaired) electrons. The monoisotopic (exact) mass is 370 g/mol. The van der Waals surface area contributed by atoms with Gasteiger partial charge in [-0.1, -0.05) is 65.0 Å². The van der Waals surface area contributed by atoms with Crippen molar-refractivity contribution in [2.75, 3.05) is 5.32 Å². The number of aryl methyl sites for hydroxylation is 1. The maximum absolute atomic E-state index is 12.8. The van der Waals surface area contributed by atoms with E-state index in [9.17, 15) is 4.79 Å². The number of hydrogen-bond donors (Lipinski definition) is 1. The van der Waals surface area contributed by atoms with Gasteiger partial charge < -0.3 is 5.32 Å². The SMILES string of the molecule is CC(C)(Cc1ccccc1)C(=O)Nc1nc2c(s1)CC(C(C)(C)C)CC2. The van der Waals surface area contributed by atoms with Crippen molar-refractivity contribution in [1.29, 1.82) is 0 Å². The van der Waals surface area contributed by atoms with Crippen molar-refractivity contribution in [3.8, 4) is 0 Å². The van der Waals surface area contributed by atoms with E-state index in [0.29, 0.717) is 11.3 Å². The number of nitrogens with zero attached hydrogens (tertiary/aromatic N) is 1. The number of rotatable bonds is 4. The summed E-state index contributed by atoms with van der Waals surface area (Å²) >= 11 is 1.66. The van der Waals surface area contributed by atoms with Crippen LogP contribution in [0.5, 0.6) is 0 Å². The molecular formula is C22H30N2OS. The highest BCUT2D eigenvalue weighted by atomic mass is 32.1. The fraction of sp³-hybridized carbons (Fsp3) is 0.545. The fourth-order valence-corrected chi connectivity index (χ4v) is 4.70. The maximum atomic E-state index is 12.8. The van der Waals surface area contributed by atoms with Gasteiger partial charge in [0.25, 0.3) is 0 Å². The van der Waals surface area contributed by atoms with Gasteiger partial charge in [-0.25, -0.2) is 4.98 Å². The van der Waals surface area contributed by atoms with Gasteiger partial charge in [0.2, 0.25) is 5.91 Å². The van der Waals surface area contributed by atoms with Crippen molar-refractivity contribution in [3.63, 3.8) is 0 Å². The van der Waals surface area contributed by atoms with Crippen molar-refractivity contribution < 1.29 is 4.79 Å². The first-order valence-electron chi connectivity index (χ1n) is 9.49. The molecule has 1 aliphatic carbocycles. The van der Waals surface area contributed by atoms with Crippen LogP contribution in [0.4, 0.5) is 5.13 Å². The number of benzene rings is 1. The molecule has 0 fully saturated rings. The van der Waals surface area contributed by atoms with Crippen molar-refractivity contribution in [2.45, 2.75) is 60.3 Å². The lowest BCUT2D eigenvalue weighted by atomic mass is 9.73. The molecule has 1 aromatic carbocycles. The number of anilines is 1. The number of carbonyl (C=O) groups is 1. The van der Waals surface area contributed by atoms with Gasteiger partial charge in [0, 0.05) is 10.3 Å². The Morgan fingerprint density at radius 2 is 1.88 bits per heavy atom. The molecule has 3 rings (SSSR count). The van der Waals surface area contributed by atoms with Gasteiger partial charge in [-0.05, 0) is 42.6 Å². The van der Waals surface area contributed by atoms with E-state index in [1.165, 1.54) is 22.6 Å². The molecule has 3 nitrogen and oxygen atoms in total. The Labute approximate surface area is 161 Å². The van der Waals surface area contributed by atoms with Crippen LogP contribution in [-0.4, -0.2) is 10.9 Å². The summed E-state index contributed by atoms with van der Waals surface area (Å²) in [6, 6.07) is 10.2. The third-order valence-corrected chi connectivity index (χ3v) is 6.52. The van der Waals surface area contributed by atoms with Crippen LogP contribution in [0.1, 0.15) is 57.2 Å². The highest BCUT2D eigenvalue weighted by Gasteiger charge is 2.32. The summed E-state index contributed by atoms with van der Waals surface area (Å²) in [7, 11) is 0. The van der Waals surface area contributed by atoms with Gasteiger partial charge >= 0.3 is 0 Å². The van der Waals surface area contributed by atoms with Gasteiger partial charge in [-0.15, -0.1) is 11.3 Å².